The van der Waals surface area contributed by atoms with E-state index < -0.39 is 0 Å². The molecule has 2 aromatic rings. The van der Waals surface area contributed by atoms with Crippen LogP contribution in [0.4, 0.5) is 4.79 Å². The molecule has 1 aliphatic rings. The van der Waals surface area contributed by atoms with E-state index in [1.165, 1.54) is 5.56 Å². The van der Waals surface area contributed by atoms with Crippen molar-refractivity contribution in [3.05, 3.63) is 41.8 Å². The van der Waals surface area contributed by atoms with Gasteiger partial charge in [-0.2, -0.15) is 4.98 Å². The van der Waals surface area contributed by atoms with Crippen molar-refractivity contribution >= 4 is 6.03 Å². The van der Waals surface area contributed by atoms with E-state index in [1.54, 1.807) is 13.3 Å². The second kappa shape index (κ2) is 9.25. The number of carbonyl (C=O) groups excluding carboxylic acids is 1. The van der Waals surface area contributed by atoms with Crippen molar-refractivity contribution in [2.45, 2.75) is 26.1 Å². The fraction of sp³-hybridized carbons (Fsp3) is 0.529. The van der Waals surface area contributed by atoms with E-state index in [1.807, 2.05) is 17.2 Å². The zero-order chi connectivity index (χ0) is 18.2. The molecule has 3 rings (SSSR count). The molecule has 1 aliphatic heterocycles. The Balaban J connectivity index is 1.44. The lowest BCUT2D eigenvalue weighted by Gasteiger charge is -2.22. The van der Waals surface area contributed by atoms with Gasteiger partial charge in [0.05, 0.1) is 6.54 Å². The average Bonchev–Trinajstić information content (AvgIpc) is 2.97. The second-order valence-corrected chi connectivity index (χ2v) is 6.17. The van der Waals surface area contributed by atoms with Gasteiger partial charge in [-0.05, 0) is 18.1 Å². The van der Waals surface area contributed by atoms with Crippen LogP contribution in [0.3, 0.4) is 0 Å². The van der Waals surface area contributed by atoms with Gasteiger partial charge in [-0.25, -0.2) is 4.79 Å². The van der Waals surface area contributed by atoms with Gasteiger partial charge in [-0.3, -0.25) is 9.88 Å². The van der Waals surface area contributed by atoms with E-state index in [2.05, 4.69) is 31.4 Å². The Bertz CT molecular complexity index is 693. The quantitative estimate of drug-likeness (QED) is 0.822. The van der Waals surface area contributed by atoms with Gasteiger partial charge in [0.15, 0.2) is 5.82 Å². The van der Waals surface area contributed by atoms with Gasteiger partial charge in [0.1, 0.15) is 6.61 Å². The minimum atomic E-state index is -0.111. The summed E-state index contributed by atoms with van der Waals surface area (Å²) < 4.78 is 10.0. The molecular weight excluding hydrogens is 336 g/mol. The fourth-order valence-corrected chi connectivity index (χ4v) is 2.89. The third-order valence-electron chi connectivity index (χ3n) is 4.18. The van der Waals surface area contributed by atoms with Crippen LogP contribution in [-0.4, -0.2) is 64.2 Å². The van der Waals surface area contributed by atoms with E-state index in [-0.39, 0.29) is 19.2 Å². The summed E-state index contributed by atoms with van der Waals surface area (Å²) in [6, 6.07) is 3.91. The Hall–Kier alpha value is -2.52. The van der Waals surface area contributed by atoms with Crippen LogP contribution in [-0.2, 0) is 24.4 Å². The molecule has 0 bridgehead atoms. The fourth-order valence-electron chi connectivity index (χ4n) is 2.89. The lowest BCUT2D eigenvalue weighted by Crippen LogP contribution is -2.41. The van der Waals surface area contributed by atoms with E-state index in [0.29, 0.717) is 18.3 Å². The molecule has 0 aliphatic carbocycles. The number of rotatable bonds is 6. The number of carbonyl (C=O) groups is 1. The molecule has 0 radical (unpaired) electrons. The molecule has 0 atom stereocenters. The van der Waals surface area contributed by atoms with Gasteiger partial charge in [-0.15, -0.1) is 0 Å². The topological polar surface area (TPSA) is 96.6 Å². The monoisotopic (exact) mass is 360 g/mol. The summed E-state index contributed by atoms with van der Waals surface area (Å²) in [5, 5.41) is 6.61. The first-order valence-corrected chi connectivity index (χ1v) is 8.69. The van der Waals surface area contributed by atoms with Crippen LogP contribution in [0, 0.1) is 0 Å². The first-order valence-electron chi connectivity index (χ1n) is 8.69. The molecule has 9 nitrogen and oxygen atoms in total. The third-order valence-corrected chi connectivity index (χ3v) is 4.18. The van der Waals surface area contributed by atoms with Crippen molar-refractivity contribution in [3.8, 4) is 0 Å². The zero-order valence-corrected chi connectivity index (χ0v) is 14.9. The third kappa shape index (κ3) is 5.24. The molecule has 0 saturated carbocycles. The Morgan fingerprint density at radius 1 is 1.35 bits per heavy atom. The lowest BCUT2D eigenvalue weighted by atomic mass is 10.2. The normalized spacial score (nSPS) is 15.7. The number of ether oxygens (including phenoxy) is 1. The maximum atomic E-state index is 12.4. The maximum absolute atomic E-state index is 12.4. The molecule has 1 saturated heterocycles. The summed E-state index contributed by atoms with van der Waals surface area (Å²) in [5.74, 6) is 0.844. The van der Waals surface area contributed by atoms with Crippen LogP contribution in [0.1, 0.15) is 23.7 Å². The number of amides is 2. The molecule has 9 heteroatoms. The van der Waals surface area contributed by atoms with Crippen LogP contribution in [0.5, 0.6) is 0 Å². The van der Waals surface area contributed by atoms with Crippen LogP contribution in [0.2, 0.25) is 0 Å². The van der Waals surface area contributed by atoms with Crippen LogP contribution in [0.25, 0.3) is 0 Å². The number of hydrogen-bond donors (Lipinski definition) is 1. The molecule has 140 valence electrons. The number of nitrogens with one attached hydrogen (secondary N) is 1. The predicted molar refractivity (Wildman–Crippen MR) is 93.0 cm³/mol. The average molecular weight is 360 g/mol. The standard InChI is InChI=1S/C17H24N6O3/c1-25-13-15-20-16(26-21-15)11-19-17(24)23-7-3-6-22(8-9-23)12-14-4-2-5-18-10-14/h2,4-5,10H,3,6-9,11-13H2,1H3,(H,19,24). The Morgan fingerprint density at radius 2 is 2.27 bits per heavy atom. The predicted octanol–water partition coefficient (Wildman–Crippen LogP) is 1.03. The highest BCUT2D eigenvalue weighted by molar-refractivity contribution is 5.74. The van der Waals surface area contributed by atoms with Gasteiger partial charge < -0.3 is 19.5 Å². The van der Waals surface area contributed by atoms with Gasteiger partial charge in [0, 0.05) is 52.2 Å². The summed E-state index contributed by atoms with van der Waals surface area (Å²) in [4.78, 5) is 24.9. The number of pyridine rings is 1. The largest absolute Gasteiger partial charge is 0.377 e. The van der Waals surface area contributed by atoms with E-state index in [9.17, 15) is 4.79 Å². The van der Waals surface area contributed by atoms with Gasteiger partial charge in [0.2, 0.25) is 5.89 Å². The van der Waals surface area contributed by atoms with Crippen LogP contribution >= 0.6 is 0 Å². The molecule has 0 unspecified atom stereocenters. The number of aromatic nitrogens is 3. The van der Waals surface area contributed by atoms with Crippen LogP contribution < -0.4 is 5.32 Å². The smallest absolute Gasteiger partial charge is 0.317 e. The first kappa shape index (κ1) is 18.3. The minimum absolute atomic E-state index is 0.111. The minimum Gasteiger partial charge on any atom is -0.377 e. The van der Waals surface area contributed by atoms with Crippen molar-refractivity contribution in [1.82, 2.24) is 30.2 Å². The molecule has 1 fully saturated rings. The van der Waals surface area contributed by atoms with E-state index >= 15 is 0 Å². The highest BCUT2D eigenvalue weighted by atomic mass is 16.5. The summed E-state index contributed by atoms with van der Waals surface area (Å²) in [5.41, 5.74) is 1.19. The molecule has 1 N–H and O–H groups in total. The molecular formula is C17H24N6O3. The van der Waals surface area contributed by atoms with Crippen molar-refractivity contribution in [3.63, 3.8) is 0 Å². The van der Waals surface area contributed by atoms with Gasteiger partial charge >= 0.3 is 6.03 Å². The van der Waals surface area contributed by atoms with Crippen LogP contribution in [0.15, 0.2) is 29.0 Å². The Kier molecular flexibility index (Phi) is 6.50. The van der Waals surface area contributed by atoms with Crippen molar-refractivity contribution in [2.24, 2.45) is 0 Å². The highest BCUT2D eigenvalue weighted by Gasteiger charge is 2.19. The first-order chi connectivity index (χ1) is 12.7. The van der Waals surface area contributed by atoms with Gasteiger partial charge in [-0.1, -0.05) is 11.2 Å². The number of methoxy groups -OCH3 is 1. The molecule has 3 heterocycles. The highest BCUT2D eigenvalue weighted by Crippen LogP contribution is 2.08. The second-order valence-electron chi connectivity index (χ2n) is 6.17. The van der Waals surface area contributed by atoms with Crippen molar-refractivity contribution in [1.29, 1.82) is 0 Å². The van der Waals surface area contributed by atoms with Crippen molar-refractivity contribution < 1.29 is 14.1 Å². The van der Waals surface area contributed by atoms with Gasteiger partial charge in [0.25, 0.3) is 0 Å². The van der Waals surface area contributed by atoms with E-state index in [0.717, 1.165) is 32.6 Å². The lowest BCUT2D eigenvalue weighted by molar-refractivity contribution is 0.174. The molecule has 2 aromatic heterocycles. The maximum Gasteiger partial charge on any atom is 0.317 e. The summed E-state index contributed by atoms with van der Waals surface area (Å²) in [7, 11) is 1.56. The Labute approximate surface area is 152 Å². The molecule has 2 amide bonds. The number of urea groups is 1. The summed E-state index contributed by atoms with van der Waals surface area (Å²) in [6.45, 7) is 4.57. The van der Waals surface area contributed by atoms with Crippen molar-refractivity contribution in [2.75, 3.05) is 33.3 Å². The number of hydrogen-bond acceptors (Lipinski definition) is 7. The summed E-state index contributed by atoms with van der Waals surface area (Å²) in [6.07, 6.45) is 4.60. The zero-order valence-electron chi connectivity index (χ0n) is 14.9. The molecule has 0 aromatic carbocycles. The molecule has 0 spiro atoms. The van der Waals surface area contributed by atoms with E-state index in [4.69, 9.17) is 9.26 Å². The number of nitrogens with zero attached hydrogens (tertiary/aromatic N) is 5. The Morgan fingerprint density at radius 3 is 3.08 bits per heavy atom. The molecule has 26 heavy (non-hydrogen) atoms. The SMILES string of the molecule is COCc1noc(CNC(=O)N2CCCN(Cc3cccnc3)CC2)n1. The summed E-state index contributed by atoms with van der Waals surface area (Å²) >= 11 is 0.